The molecule has 1 saturated carbocycles. The Kier molecular flexibility index (Phi) is 3.18. The molecule has 3 rings (SSSR count). The molecule has 3 fully saturated rings. The zero-order valence-electron chi connectivity index (χ0n) is 10.1. The Morgan fingerprint density at radius 1 is 1.00 bits per heavy atom. The van der Waals surface area contributed by atoms with Gasteiger partial charge in [0.25, 0.3) is 0 Å². The summed E-state index contributed by atoms with van der Waals surface area (Å²) in [5.41, 5.74) is 6.26. The van der Waals surface area contributed by atoms with Crippen LogP contribution in [0.5, 0.6) is 0 Å². The maximum Gasteiger partial charge on any atom is 0.0480 e. The van der Waals surface area contributed by atoms with Crippen LogP contribution in [0.1, 0.15) is 32.1 Å². The van der Waals surface area contributed by atoms with Gasteiger partial charge in [-0.15, -0.1) is 0 Å². The first kappa shape index (κ1) is 11.0. The van der Waals surface area contributed by atoms with Gasteiger partial charge in [-0.05, 0) is 37.5 Å². The van der Waals surface area contributed by atoms with Gasteiger partial charge in [-0.25, -0.2) is 0 Å². The Hall–Kier alpha value is -0.120. The summed E-state index contributed by atoms with van der Waals surface area (Å²) in [5.74, 6) is 1.68. The lowest BCUT2D eigenvalue weighted by molar-refractivity contribution is 0.0403. The summed E-state index contributed by atoms with van der Waals surface area (Å²) in [6, 6.07) is 1.26. The molecule has 16 heavy (non-hydrogen) atoms. The van der Waals surface area contributed by atoms with Crippen molar-refractivity contribution in [1.82, 2.24) is 4.90 Å². The molecule has 2 N–H and O–H groups in total. The van der Waals surface area contributed by atoms with E-state index in [2.05, 4.69) is 4.90 Å². The fourth-order valence-electron chi connectivity index (χ4n) is 3.90. The minimum atomic E-state index is 0.476. The monoisotopic (exact) mass is 224 g/mol. The predicted octanol–water partition coefficient (Wildman–Crippen LogP) is 1.22. The minimum Gasteiger partial charge on any atom is -0.381 e. The van der Waals surface area contributed by atoms with Crippen LogP contribution in [0, 0.1) is 11.8 Å². The van der Waals surface area contributed by atoms with Crippen LogP contribution in [-0.2, 0) is 4.74 Å². The highest BCUT2D eigenvalue weighted by atomic mass is 16.5. The zero-order chi connectivity index (χ0) is 11.0. The number of ether oxygens (including phenoxy) is 1. The molecule has 0 spiro atoms. The number of fused-ring (bicyclic) bond motifs is 1. The van der Waals surface area contributed by atoms with E-state index < -0.39 is 0 Å². The van der Waals surface area contributed by atoms with Crippen LogP contribution in [0.4, 0.5) is 0 Å². The molecule has 0 radical (unpaired) electrons. The molecule has 0 bridgehead atoms. The van der Waals surface area contributed by atoms with Crippen molar-refractivity contribution in [3.05, 3.63) is 0 Å². The third kappa shape index (κ3) is 2.01. The Labute approximate surface area is 98.3 Å². The van der Waals surface area contributed by atoms with E-state index in [9.17, 15) is 0 Å². The molecule has 3 aliphatic rings. The second kappa shape index (κ2) is 4.63. The van der Waals surface area contributed by atoms with Crippen LogP contribution in [-0.4, -0.2) is 43.3 Å². The third-order valence-electron chi connectivity index (χ3n) is 4.89. The Morgan fingerprint density at radius 3 is 2.56 bits per heavy atom. The second-order valence-electron chi connectivity index (χ2n) is 5.82. The smallest absolute Gasteiger partial charge is 0.0480 e. The fourth-order valence-corrected chi connectivity index (χ4v) is 3.90. The summed E-state index contributed by atoms with van der Waals surface area (Å²) >= 11 is 0. The maximum absolute atomic E-state index is 6.26. The molecule has 92 valence electrons. The standard InChI is InChI=1S/C13H24N2O/c14-13-3-1-2-10-8-15(9-12(10)13)11-4-6-16-7-5-11/h10-13H,1-9,14H2. The molecule has 2 aliphatic heterocycles. The first-order chi connectivity index (χ1) is 7.84. The van der Waals surface area contributed by atoms with Crippen molar-refractivity contribution in [2.45, 2.75) is 44.2 Å². The van der Waals surface area contributed by atoms with Crippen molar-refractivity contribution in [1.29, 1.82) is 0 Å². The second-order valence-corrected chi connectivity index (χ2v) is 5.82. The van der Waals surface area contributed by atoms with Gasteiger partial charge >= 0.3 is 0 Å². The summed E-state index contributed by atoms with van der Waals surface area (Å²) in [7, 11) is 0. The van der Waals surface area contributed by atoms with Gasteiger partial charge in [-0.1, -0.05) is 6.42 Å². The summed E-state index contributed by atoms with van der Waals surface area (Å²) in [6.07, 6.45) is 6.48. The number of nitrogens with zero attached hydrogens (tertiary/aromatic N) is 1. The molecule has 0 aromatic heterocycles. The average molecular weight is 224 g/mol. The molecular formula is C13H24N2O. The molecule has 3 heteroatoms. The molecule has 0 amide bonds. The van der Waals surface area contributed by atoms with Gasteiger partial charge in [0.2, 0.25) is 0 Å². The van der Waals surface area contributed by atoms with Crippen LogP contribution in [0.3, 0.4) is 0 Å². The summed E-state index contributed by atoms with van der Waals surface area (Å²) in [4.78, 5) is 2.71. The SMILES string of the molecule is NC1CCCC2CN(C3CCOCC3)CC12. The van der Waals surface area contributed by atoms with Crippen molar-refractivity contribution in [2.75, 3.05) is 26.3 Å². The highest BCUT2D eigenvalue weighted by Crippen LogP contribution is 2.37. The number of nitrogens with two attached hydrogens (primary N) is 1. The van der Waals surface area contributed by atoms with E-state index in [-0.39, 0.29) is 0 Å². The Balaban J connectivity index is 1.62. The van der Waals surface area contributed by atoms with Gasteiger partial charge in [0.1, 0.15) is 0 Å². The normalized spacial score (nSPS) is 42.2. The van der Waals surface area contributed by atoms with E-state index in [1.54, 1.807) is 0 Å². The Morgan fingerprint density at radius 2 is 1.81 bits per heavy atom. The molecule has 0 aromatic rings. The van der Waals surface area contributed by atoms with Crippen LogP contribution in [0.25, 0.3) is 0 Å². The summed E-state index contributed by atoms with van der Waals surface area (Å²) in [6.45, 7) is 4.49. The summed E-state index contributed by atoms with van der Waals surface area (Å²) in [5, 5.41) is 0. The largest absolute Gasteiger partial charge is 0.381 e. The van der Waals surface area contributed by atoms with E-state index in [0.29, 0.717) is 6.04 Å². The van der Waals surface area contributed by atoms with E-state index >= 15 is 0 Å². The van der Waals surface area contributed by atoms with E-state index in [0.717, 1.165) is 31.1 Å². The third-order valence-corrected chi connectivity index (χ3v) is 4.89. The summed E-state index contributed by atoms with van der Waals surface area (Å²) < 4.78 is 5.45. The quantitative estimate of drug-likeness (QED) is 0.728. The van der Waals surface area contributed by atoms with Crippen LogP contribution < -0.4 is 5.73 Å². The van der Waals surface area contributed by atoms with Crippen molar-refractivity contribution in [3.8, 4) is 0 Å². The number of hydrogen-bond acceptors (Lipinski definition) is 3. The molecule has 0 aromatic carbocycles. The highest BCUT2D eigenvalue weighted by molar-refractivity contribution is 4.95. The van der Waals surface area contributed by atoms with Crippen LogP contribution in [0.2, 0.25) is 0 Å². The lowest BCUT2D eigenvalue weighted by Gasteiger charge is -2.31. The maximum atomic E-state index is 6.26. The minimum absolute atomic E-state index is 0.476. The lowest BCUT2D eigenvalue weighted by atomic mass is 9.78. The average Bonchev–Trinajstić information content (AvgIpc) is 2.76. The van der Waals surface area contributed by atoms with Crippen LogP contribution >= 0.6 is 0 Å². The Bertz CT molecular complexity index is 240. The molecule has 3 atom stereocenters. The van der Waals surface area contributed by atoms with Crippen molar-refractivity contribution in [3.63, 3.8) is 0 Å². The molecular weight excluding hydrogens is 200 g/mol. The van der Waals surface area contributed by atoms with Gasteiger partial charge in [-0.3, -0.25) is 4.90 Å². The molecule has 2 saturated heterocycles. The van der Waals surface area contributed by atoms with Crippen molar-refractivity contribution in [2.24, 2.45) is 17.6 Å². The van der Waals surface area contributed by atoms with Gasteiger partial charge < -0.3 is 10.5 Å². The first-order valence-electron chi connectivity index (χ1n) is 6.92. The molecule has 3 unspecified atom stereocenters. The van der Waals surface area contributed by atoms with Gasteiger partial charge in [0.15, 0.2) is 0 Å². The van der Waals surface area contributed by atoms with Crippen molar-refractivity contribution >= 4 is 0 Å². The van der Waals surface area contributed by atoms with Gasteiger partial charge in [0.05, 0.1) is 0 Å². The van der Waals surface area contributed by atoms with E-state index in [4.69, 9.17) is 10.5 Å². The van der Waals surface area contributed by atoms with Crippen LogP contribution in [0.15, 0.2) is 0 Å². The fraction of sp³-hybridized carbons (Fsp3) is 1.00. The highest BCUT2D eigenvalue weighted by Gasteiger charge is 2.40. The predicted molar refractivity (Wildman–Crippen MR) is 64.2 cm³/mol. The van der Waals surface area contributed by atoms with E-state index in [1.807, 2.05) is 0 Å². The van der Waals surface area contributed by atoms with Gasteiger partial charge in [0, 0.05) is 38.4 Å². The zero-order valence-corrected chi connectivity index (χ0v) is 10.1. The first-order valence-corrected chi connectivity index (χ1v) is 6.92. The van der Waals surface area contributed by atoms with Gasteiger partial charge in [-0.2, -0.15) is 0 Å². The molecule has 2 heterocycles. The number of hydrogen-bond donors (Lipinski definition) is 1. The molecule has 3 nitrogen and oxygen atoms in total. The number of rotatable bonds is 1. The van der Waals surface area contributed by atoms with E-state index in [1.165, 1.54) is 45.2 Å². The van der Waals surface area contributed by atoms with Crippen molar-refractivity contribution < 1.29 is 4.74 Å². The topological polar surface area (TPSA) is 38.5 Å². The molecule has 1 aliphatic carbocycles. The lowest BCUT2D eigenvalue weighted by Crippen LogP contribution is -2.40. The number of likely N-dealkylation sites (tertiary alicyclic amines) is 1.